The third kappa shape index (κ3) is 32.1. The molecule has 0 aliphatic heterocycles. The van der Waals surface area contributed by atoms with Gasteiger partial charge >= 0.3 is 13.8 Å². The molecule has 0 aliphatic rings. The summed E-state index contributed by atoms with van der Waals surface area (Å²) in [6, 6.07) is 0. The van der Waals surface area contributed by atoms with Gasteiger partial charge in [0.2, 0.25) is 0 Å². The first-order valence-corrected chi connectivity index (χ1v) is 18.8. The summed E-state index contributed by atoms with van der Waals surface area (Å²) in [4.78, 5) is 22.3. The van der Waals surface area contributed by atoms with Gasteiger partial charge < -0.3 is 24.6 Å². The van der Waals surface area contributed by atoms with Crippen molar-refractivity contribution in [2.24, 2.45) is 0 Å². The zero-order valence-electron chi connectivity index (χ0n) is 28.5. The number of aliphatic hydroxyl groups is 2. The summed E-state index contributed by atoms with van der Waals surface area (Å²) < 4.78 is 33.0. The Labute approximate surface area is 279 Å². The fourth-order valence-corrected chi connectivity index (χ4v) is 4.84. The van der Waals surface area contributed by atoms with Crippen LogP contribution in [-0.2, 0) is 27.9 Å². The summed E-state index contributed by atoms with van der Waals surface area (Å²) in [5.74, 6) is -0.468. The number of hydrogen-bond acceptors (Lipinski definition) is 8. The minimum absolute atomic E-state index is 0.0132. The van der Waals surface area contributed by atoms with E-state index in [1.54, 1.807) is 0 Å². The van der Waals surface area contributed by atoms with Crippen molar-refractivity contribution in [1.82, 2.24) is 0 Å². The van der Waals surface area contributed by atoms with E-state index in [0.29, 0.717) is 13.0 Å². The Hall–Kier alpha value is -1.84. The van der Waals surface area contributed by atoms with Crippen LogP contribution in [-0.4, -0.2) is 66.3 Å². The van der Waals surface area contributed by atoms with Crippen LogP contribution in [0.5, 0.6) is 0 Å². The van der Waals surface area contributed by atoms with Gasteiger partial charge in [-0.3, -0.25) is 13.8 Å². The van der Waals surface area contributed by atoms with Crippen LogP contribution in [0.4, 0.5) is 0 Å². The molecule has 0 heterocycles. The molecule has 0 fully saturated rings. The summed E-state index contributed by atoms with van der Waals surface area (Å²) in [6.07, 6.45) is 34.8. The predicted octanol–water partition coefficient (Wildman–Crippen LogP) is 8.46. The van der Waals surface area contributed by atoms with Crippen LogP contribution in [0.2, 0.25) is 0 Å². The maximum Gasteiger partial charge on any atom is 0.472 e. The SMILES string of the molecule is CC/C=C\C/C=C\C/C=C\C/C=C\CCC(=O)OC(COCCCCCCCC/C=C\CCCC)COP(=O)(O)OCC(O)CO. The number of aliphatic hydroxyl groups excluding tert-OH is 2. The lowest BCUT2D eigenvalue weighted by molar-refractivity contribution is -0.154. The van der Waals surface area contributed by atoms with E-state index in [4.69, 9.17) is 23.6 Å². The van der Waals surface area contributed by atoms with Gasteiger partial charge in [0.15, 0.2) is 0 Å². The molecular formula is C36H63O9P. The van der Waals surface area contributed by atoms with Crippen LogP contribution in [0.15, 0.2) is 60.8 Å². The average molecular weight is 671 g/mol. The summed E-state index contributed by atoms with van der Waals surface area (Å²) in [7, 11) is -4.53. The second-order valence-electron chi connectivity index (χ2n) is 11.1. The van der Waals surface area contributed by atoms with Gasteiger partial charge in [0.05, 0.1) is 26.4 Å². The highest BCUT2D eigenvalue weighted by atomic mass is 31.2. The Morgan fingerprint density at radius 2 is 1.24 bits per heavy atom. The number of allylic oxidation sites excluding steroid dienone is 10. The van der Waals surface area contributed by atoms with Gasteiger partial charge in [-0.25, -0.2) is 4.57 Å². The average Bonchev–Trinajstić information content (AvgIpc) is 3.04. The van der Waals surface area contributed by atoms with Crippen LogP contribution < -0.4 is 0 Å². The third-order valence-electron chi connectivity index (χ3n) is 6.70. The molecule has 0 rings (SSSR count). The van der Waals surface area contributed by atoms with E-state index in [1.807, 2.05) is 12.2 Å². The molecule has 0 bridgehead atoms. The van der Waals surface area contributed by atoms with Crippen LogP contribution >= 0.6 is 7.82 Å². The molecule has 266 valence electrons. The maximum absolute atomic E-state index is 12.5. The molecule has 0 saturated heterocycles. The molecule has 46 heavy (non-hydrogen) atoms. The van der Waals surface area contributed by atoms with E-state index in [2.05, 4.69) is 62.5 Å². The van der Waals surface area contributed by atoms with Crippen LogP contribution in [0.1, 0.15) is 117 Å². The highest BCUT2D eigenvalue weighted by Crippen LogP contribution is 2.43. The molecule has 3 atom stereocenters. The number of hydrogen-bond donors (Lipinski definition) is 3. The maximum atomic E-state index is 12.5. The Morgan fingerprint density at radius 1 is 0.696 bits per heavy atom. The number of phosphoric ester groups is 1. The van der Waals surface area contributed by atoms with E-state index >= 15 is 0 Å². The van der Waals surface area contributed by atoms with Gasteiger partial charge in [-0.1, -0.05) is 113 Å². The van der Waals surface area contributed by atoms with Gasteiger partial charge in [0, 0.05) is 13.0 Å². The summed E-state index contributed by atoms with van der Waals surface area (Å²) in [5, 5.41) is 18.2. The number of phosphoric acid groups is 1. The Morgan fingerprint density at radius 3 is 1.87 bits per heavy atom. The molecule has 10 heteroatoms. The van der Waals surface area contributed by atoms with Crippen molar-refractivity contribution >= 4 is 13.8 Å². The molecule has 0 aliphatic carbocycles. The molecule has 0 radical (unpaired) electrons. The molecule has 3 N–H and O–H groups in total. The Balaban J connectivity index is 4.43. The van der Waals surface area contributed by atoms with Gasteiger partial charge in [0.25, 0.3) is 0 Å². The fourth-order valence-electron chi connectivity index (χ4n) is 4.05. The van der Waals surface area contributed by atoms with Crippen LogP contribution in [0, 0.1) is 0 Å². The van der Waals surface area contributed by atoms with Crippen molar-refractivity contribution < 1.29 is 43.0 Å². The number of unbranched alkanes of at least 4 members (excludes halogenated alkanes) is 8. The first-order chi connectivity index (χ1) is 22.3. The number of esters is 1. The fraction of sp³-hybridized carbons (Fsp3) is 0.694. The summed E-state index contributed by atoms with van der Waals surface area (Å²) >= 11 is 0. The lowest BCUT2D eigenvalue weighted by Gasteiger charge is -2.20. The first kappa shape index (κ1) is 44.2. The van der Waals surface area contributed by atoms with Crippen molar-refractivity contribution in [2.75, 3.05) is 33.0 Å². The van der Waals surface area contributed by atoms with Gasteiger partial charge in [0.1, 0.15) is 12.2 Å². The van der Waals surface area contributed by atoms with E-state index in [0.717, 1.165) is 51.4 Å². The van der Waals surface area contributed by atoms with E-state index in [9.17, 15) is 19.4 Å². The second kappa shape index (κ2) is 33.1. The van der Waals surface area contributed by atoms with Crippen molar-refractivity contribution in [3.8, 4) is 0 Å². The standard InChI is InChI=1S/C36H63O9P/c1-3-5-7-9-11-13-15-17-18-20-22-24-26-28-36(39)45-35(33-44-46(40,41)43-31-34(38)30-37)32-42-29-27-25-23-21-19-16-14-12-10-8-6-4-2/h5,7,10-13,17-18,22,24,34-35,37-38H,3-4,6,8-9,14-16,19-21,23,25-33H2,1-2H3,(H,40,41)/b7-5-,12-10-,13-11-,18-17-,24-22-. The first-order valence-electron chi connectivity index (χ1n) is 17.3. The molecule has 0 aromatic carbocycles. The smallest absolute Gasteiger partial charge is 0.457 e. The van der Waals surface area contributed by atoms with Crippen molar-refractivity contribution in [3.63, 3.8) is 0 Å². The highest BCUT2D eigenvalue weighted by molar-refractivity contribution is 7.47. The predicted molar refractivity (Wildman–Crippen MR) is 186 cm³/mol. The molecule has 0 amide bonds. The van der Waals surface area contributed by atoms with Gasteiger partial charge in [-0.2, -0.15) is 0 Å². The monoisotopic (exact) mass is 670 g/mol. The van der Waals surface area contributed by atoms with Crippen LogP contribution in [0.3, 0.4) is 0 Å². The second-order valence-corrected chi connectivity index (χ2v) is 12.6. The molecule has 3 unspecified atom stereocenters. The Kier molecular flexibility index (Phi) is 31.8. The van der Waals surface area contributed by atoms with E-state index in [-0.39, 0.29) is 13.0 Å². The summed E-state index contributed by atoms with van der Waals surface area (Å²) in [5.41, 5.74) is 0. The number of carbonyl (C=O) groups excluding carboxylic acids is 1. The van der Waals surface area contributed by atoms with E-state index < -0.39 is 45.8 Å². The number of carbonyl (C=O) groups is 1. The van der Waals surface area contributed by atoms with Crippen molar-refractivity contribution in [2.45, 2.75) is 129 Å². The molecule has 0 aromatic heterocycles. The highest BCUT2D eigenvalue weighted by Gasteiger charge is 2.26. The molecule has 0 spiro atoms. The van der Waals surface area contributed by atoms with Crippen molar-refractivity contribution in [3.05, 3.63) is 60.8 Å². The Bertz CT molecular complexity index is 898. The molecule has 9 nitrogen and oxygen atoms in total. The largest absolute Gasteiger partial charge is 0.472 e. The lowest BCUT2D eigenvalue weighted by Crippen LogP contribution is -2.29. The third-order valence-corrected chi connectivity index (χ3v) is 7.65. The minimum atomic E-state index is -4.53. The molecular weight excluding hydrogens is 607 g/mol. The molecule has 0 saturated carbocycles. The van der Waals surface area contributed by atoms with Crippen LogP contribution in [0.25, 0.3) is 0 Å². The normalized spacial score (nSPS) is 15.2. The zero-order valence-corrected chi connectivity index (χ0v) is 29.4. The van der Waals surface area contributed by atoms with E-state index in [1.165, 1.54) is 38.5 Å². The minimum Gasteiger partial charge on any atom is -0.457 e. The van der Waals surface area contributed by atoms with Crippen molar-refractivity contribution in [1.29, 1.82) is 0 Å². The number of ether oxygens (including phenoxy) is 2. The van der Waals surface area contributed by atoms with Gasteiger partial charge in [-0.05, 0) is 57.8 Å². The quantitative estimate of drug-likeness (QED) is 0.0279. The van der Waals surface area contributed by atoms with Gasteiger partial charge in [-0.15, -0.1) is 0 Å². The topological polar surface area (TPSA) is 132 Å². The number of rotatable bonds is 32. The zero-order chi connectivity index (χ0) is 34.0. The molecule has 0 aromatic rings. The lowest BCUT2D eigenvalue weighted by atomic mass is 10.1. The summed E-state index contributed by atoms with van der Waals surface area (Å²) in [6.45, 7) is 3.21.